The van der Waals surface area contributed by atoms with Gasteiger partial charge in [0.05, 0.1) is 10.9 Å². The van der Waals surface area contributed by atoms with Gasteiger partial charge in [-0.2, -0.15) is 0 Å². The van der Waals surface area contributed by atoms with Crippen molar-refractivity contribution in [3.8, 4) is 0 Å². The summed E-state index contributed by atoms with van der Waals surface area (Å²) in [6, 6.07) is 0. The van der Waals surface area contributed by atoms with Crippen molar-refractivity contribution in [1.29, 1.82) is 0 Å². The molecule has 0 aliphatic carbocycles. The summed E-state index contributed by atoms with van der Waals surface area (Å²) in [5.74, 6) is -0.00316. The highest BCUT2D eigenvalue weighted by Crippen LogP contribution is 2.14. The van der Waals surface area contributed by atoms with Crippen LogP contribution in [-0.2, 0) is 9.53 Å². The number of hydrogen-bond donors (Lipinski definition) is 1. The third kappa shape index (κ3) is 7.33. The monoisotopic (exact) mass is 265 g/mol. The number of ether oxygens (including phenoxy) is 1. The Morgan fingerprint density at radius 3 is 2.57 bits per heavy atom. The van der Waals surface area contributed by atoms with E-state index < -0.39 is 4.32 Å². The normalized spacial score (nSPS) is 11.4. The number of amides is 1. The van der Waals surface area contributed by atoms with Gasteiger partial charge in [-0.3, -0.25) is 4.79 Å². The fraction of sp³-hybridized carbons (Fsp3) is 0.900. The predicted octanol–water partition coefficient (Wildman–Crippen LogP) is 2.09. The van der Waals surface area contributed by atoms with Gasteiger partial charge < -0.3 is 10.1 Å². The fourth-order valence-corrected chi connectivity index (χ4v) is 0.936. The van der Waals surface area contributed by atoms with Crippen LogP contribution in [-0.4, -0.2) is 30.0 Å². The van der Waals surface area contributed by atoms with Crippen molar-refractivity contribution >= 4 is 21.8 Å². The smallest absolute Gasteiger partial charge is 0.236 e. The second-order valence-electron chi connectivity index (χ2n) is 3.69. The molecule has 0 saturated heterocycles. The highest BCUT2D eigenvalue weighted by atomic mass is 79.9. The molecule has 3 nitrogen and oxygen atoms in total. The molecule has 0 aliphatic rings. The SMILES string of the molecule is CCCCOCCNC(=O)C(C)(C)Br. The van der Waals surface area contributed by atoms with E-state index in [2.05, 4.69) is 28.2 Å². The van der Waals surface area contributed by atoms with Crippen molar-refractivity contribution < 1.29 is 9.53 Å². The van der Waals surface area contributed by atoms with Gasteiger partial charge in [-0.05, 0) is 20.3 Å². The zero-order valence-corrected chi connectivity index (χ0v) is 10.8. The van der Waals surface area contributed by atoms with E-state index in [0.29, 0.717) is 13.2 Å². The number of nitrogens with one attached hydrogen (secondary N) is 1. The molecule has 0 aromatic heterocycles. The van der Waals surface area contributed by atoms with Crippen LogP contribution in [0.3, 0.4) is 0 Å². The van der Waals surface area contributed by atoms with Gasteiger partial charge in [0.15, 0.2) is 0 Å². The van der Waals surface area contributed by atoms with Gasteiger partial charge in [0, 0.05) is 13.2 Å². The number of unbranched alkanes of at least 4 members (excludes halogenated alkanes) is 1. The molecule has 0 saturated carbocycles. The molecule has 0 aliphatic heterocycles. The maximum Gasteiger partial charge on any atom is 0.236 e. The Labute approximate surface area is 94.7 Å². The Balaban J connectivity index is 3.33. The molecule has 0 unspecified atom stereocenters. The largest absolute Gasteiger partial charge is 0.380 e. The Morgan fingerprint density at radius 1 is 1.43 bits per heavy atom. The number of carbonyl (C=O) groups excluding carboxylic acids is 1. The van der Waals surface area contributed by atoms with E-state index in [1.54, 1.807) is 0 Å². The third-order valence-corrected chi connectivity index (χ3v) is 2.07. The third-order valence-electron chi connectivity index (χ3n) is 1.71. The quantitative estimate of drug-likeness (QED) is 0.566. The molecule has 1 N–H and O–H groups in total. The van der Waals surface area contributed by atoms with Crippen molar-refractivity contribution in [3.05, 3.63) is 0 Å². The van der Waals surface area contributed by atoms with Crippen LogP contribution >= 0.6 is 15.9 Å². The van der Waals surface area contributed by atoms with Crippen LogP contribution in [0.2, 0.25) is 0 Å². The van der Waals surface area contributed by atoms with Gasteiger partial charge in [0.25, 0.3) is 0 Å². The summed E-state index contributed by atoms with van der Waals surface area (Å²) in [5.41, 5.74) is 0. The summed E-state index contributed by atoms with van der Waals surface area (Å²) in [6.07, 6.45) is 2.22. The van der Waals surface area contributed by atoms with Crippen molar-refractivity contribution in [2.45, 2.75) is 37.9 Å². The van der Waals surface area contributed by atoms with Crippen LogP contribution < -0.4 is 5.32 Å². The molecule has 1 amide bonds. The van der Waals surface area contributed by atoms with Crippen LogP contribution in [0.15, 0.2) is 0 Å². The van der Waals surface area contributed by atoms with Gasteiger partial charge in [0.1, 0.15) is 0 Å². The van der Waals surface area contributed by atoms with E-state index in [0.717, 1.165) is 19.4 Å². The topological polar surface area (TPSA) is 38.3 Å². The van der Waals surface area contributed by atoms with Crippen molar-refractivity contribution in [2.75, 3.05) is 19.8 Å². The van der Waals surface area contributed by atoms with E-state index in [1.165, 1.54) is 0 Å². The molecule has 0 heterocycles. The number of carbonyl (C=O) groups is 1. The molecule has 0 radical (unpaired) electrons. The first-order chi connectivity index (χ1) is 6.48. The van der Waals surface area contributed by atoms with E-state index in [9.17, 15) is 4.79 Å². The molecule has 14 heavy (non-hydrogen) atoms. The van der Waals surface area contributed by atoms with Crippen molar-refractivity contribution in [2.24, 2.45) is 0 Å². The molecular formula is C10H20BrNO2. The summed E-state index contributed by atoms with van der Waals surface area (Å²) < 4.78 is 4.82. The second kappa shape index (κ2) is 7.23. The minimum absolute atomic E-state index is 0.00316. The van der Waals surface area contributed by atoms with Crippen LogP contribution in [0.25, 0.3) is 0 Å². The summed E-state index contributed by atoms with van der Waals surface area (Å²) in [6.45, 7) is 7.72. The average molecular weight is 266 g/mol. The number of alkyl halides is 1. The zero-order chi connectivity index (χ0) is 11.0. The standard InChI is InChI=1S/C10H20BrNO2/c1-4-5-7-14-8-6-12-9(13)10(2,3)11/h4-8H2,1-3H3,(H,12,13). The van der Waals surface area contributed by atoms with E-state index >= 15 is 0 Å². The summed E-state index contributed by atoms with van der Waals surface area (Å²) in [5, 5.41) is 2.79. The van der Waals surface area contributed by atoms with Gasteiger partial charge >= 0.3 is 0 Å². The lowest BCUT2D eigenvalue weighted by Crippen LogP contribution is -2.39. The Hall–Kier alpha value is -0.0900. The molecule has 0 spiro atoms. The zero-order valence-electron chi connectivity index (χ0n) is 9.23. The maximum atomic E-state index is 11.3. The van der Waals surface area contributed by atoms with Crippen molar-refractivity contribution in [3.63, 3.8) is 0 Å². The molecular weight excluding hydrogens is 246 g/mol. The van der Waals surface area contributed by atoms with Crippen molar-refractivity contribution in [1.82, 2.24) is 5.32 Å². The first kappa shape index (κ1) is 13.9. The van der Waals surface area contributed by atoms with Gasteiger partial charge in [-0.15, -0.1) is 0 Å². The second-order valence-corrected chi connectivity index (χ2v) is 5.68. The minimum Gasteiger partial charge on any atom is -0.380 e. The molecule has 0 aromatic rings. The maximum absolute atomic E-state index is 11.3. The minimum atomic E-state index is -0.490. The highest BCUT2D eigenvalue weighted by Gasteiger charge is 2.22. The molecule has 4 heteroatoms. The van der Waals surface area contributed by atoms with Crippen LogP contribution in [0.5, 0.6) is 0 Å². The molecule has 84 valence electrons. The Morgan fingerprint density at radius 2 is 2.07 bits per heavy atom. The molecule has 0 rings (SSSR count). The van der Waals surface area contributed by atoms with Gasteiger partial charge in [0.2, 0.25) is 5.91 Å². The van der Waals surface area contributed by atoms with Crippen LogP contribution in [0.1, 0.15) is 33.6 Å². The van der Waals surface area contributed by atoms with Crippen LogP contribution in [0, 0.1) is 0 Å². The molecule has 0 atom stereocenters. The van der Waals surface area contributed by atoms with Crippen LogP contribution in [0.4, 0.5) is 0 Å². The van der Waals surface area contributed by atoms with E-state index in [-0.39, 0.29) is 5.91 Å². The van der Waals surface area contributed by atoms with Gasteiger partial charge in [-0.25, -0.2) is 0 Å². The summed E-state index contributed by atoms with van der Waals surface area (Å²) in [7, 11) is 0. The van der Waals surface area contributed by atoms with E-state index in [1.807, 2.05) is 13.8 Å². The van der Waals surface area contributed by atoms with Gasteiger partial charge in [-0.1, -0.05) is 29.3 Å². The summed E-state index contributed by atoms with van der Waals surface area (Å²) in [4.78, 5) is 11.3. The predicted molar refractivity (Wildman–Crippen MR) is 61.7 cm³/mol. The number of hydrogen-bond acceptors (Lipinski definition) is 2. The van der Waals surface area contributed by atoms with E-state index in [4.69, 9.17) is 4.74 Å². The molecule has 0 aromatic carbocycles. The fourth-order valence-electron chi connectivity index (χ4n) is 0.795. The lowest BCUT2D eigenvalue weighted by atomic mass is 10.2. The molecule has 0 fully saturated rings. The first-order valence-electron chi connectivity index (χ1n) is 5.03. The highest BCUT2D eigenvalue weighted by molar-refractivity contribution is 9.10. The average Bonchev–Trinajstić information content (AvgIpc) is 2.09. The summed E-state index contributed by atoms with van der Waals surface area (Å²) >= 11 is 3.29. The molecule has 0 bridgehead atoms. The lowest BCUT2D eigenvalue weighted by molar-refractivity contribution is -0.122. The number of rotatable bonds is 7. The number of halogens is 1. The Bertz CT molecular complexity index is 166. The lowest BCUT2D eigenvalue weighted by Gasteiger charge is -2.15. The first-order valence-corrected chi connectivity index (χ1v) is 5.82. The Kier molecular flexibility index (Phi) is 7.19.